The molecule has 0 amide bonds. The van der Waals surface area contributed by atoms with Crippen molar-refractivity contribution < 1.29 is 0 Å². The summed E-state index contributed by atoms with van der Waals surface area (Å²) in [5.74, 6) is 0.514. The molecule has 139 heavy (non-hydrogen) atoms. The Balaban J connectivity index is 0.000000103. The molecular formula is C108H104N26O5. The highest BCUT2D eigenvalue weighted by molar-refractivity contribution is 5.88. The maximum atomic E-state index is 12.9. The van der Waals surface area contributed by atoms with Gasteiger partial charge in [-0.05, 0) is 257 Å². The Morgan fingerprint density at radius 1 is 0.353 bits per heavy atom. The van der Waals surface area contributed by atoms with Crippen LogP contribution in [0.1, 0.15) is 84.9 Å². The second-order valence-corrected chi connectivity index (χ2v) is 36.4. The summed E-state index contributed by atoms with van der Waals surface area (Å²) in [4.78, 5) is 98.8. The van der Waals surface area contributed by atoms with Gasteiger partial charge in [0.2, 0.25) is 0 Å². The summed E-state index contributed by atoms with van der Waals surface area (Å²) in [7, 11) is 11.9. The van der Waals surface area contributed by atoms with Crippen molar-refractivity contribution in [3.8, 4) is 56.4 Å². The number of likely N-dealkylation sites (tertiary alicyclic amines) is 1. The van der Waals surface area contributed by atoms with Gasteiger partial charge < -0.3 is 20.4 Å². The second kappa shape index (κ2) is 38.2. The molecule has 0 unspecified atom stereocenters. The van der Waals surface area contributed by atoms with Crippen LogP contribution in [0.5, 0.6) is 0 Å². The van der Waals surface area contributed by atoms with Crippen molar-refractivity contribution in [3.63, 3.8) is 0 Å². The van der Waals surface area contributed by atoms with E-state index in [0.29, 0.717) is 68.3 Å². The number of aromatic nitrogens is 21. The summed E-state index contributed by atoms with van der Waals surface area (Å²) >= 11 is 0. The number of rotatable bonds is 11. The van der Waals surface area contributed by atoms with E-state index in [9.17, 15) is 24.0 Å². The van der Waals surface area contributed by atoms with Crippen LogP contribution in [0.3, 0.4) is 0 Å². The molecule has 0 radical (unpaired) electrons. The molecule has 31 nitrogen and oxygen atoms in total. The van der Waals surface area contributed by atoms with Crippen LogP contribution in [-0.2, 0) is 28.2 Å². The van der Waals surface area contributed by atoms with Gasteiger partial charge in [0.05, 0.1) is 80.3 Å². The van der Waals surface area contributed by atoms with Gasteiger partial charge in [0, 0.05) is 191 Å². The third-order valence-electron chi connectivity index (χ3n) is 26.8. The quantitative estimate of drug-likeness (QED) is 0.121. The molecule has 696 valence electrons. The third-order valence-corrected chi connectivity index (χ3v) is 26.8. The average molecular weight is 1850 g/mol. The van der Waals surface area contributed by atoms with E-state index in [1.807, 2.05) is 223 Å². The number of hydrogen-bond donors (Lipinski definition) is 2. The number of hydrogen-bond acceptors (Lipinski definition) is 21. The molecule has 5 aliphatic rings. The van der Waals surface area contributed by atoms with Crippen LogP contribution in [0.2, 0.25) is 0 Å². The Labute approximate surface area is 797 Å². The number of likely N-dealkylation sites (N-methyl/N-ethyl adjacent to an activating group) is 2. The fraction of sp³-hybridized carbons (Fsp3) is 0.241. The minimum atomic E-state index is -0.113. The number of pyridine rings is 5. The first kappa shape index (κ1) is 89.5. The van der Waals surface area contributed by atoms with Gasteiger partial charge in [-0.15, -0.1) is 0 Å². The predicted molar refractivity (Wildman–Crippen MR) is 548 cm³/mol. The summed E-state index contributed by atoms with van der Waals surface area (Å²) < 4.78 is 17.2. The molecule has 0 saturated carbocycles. The van der Waals surface area contributed by atoms with Crippen molar-refractivity contribution >= 4 is 99.7 Å². The molecule has 4 aromatic carbocycles. The van der Waals surface area contributed by atoms with Gasteiger partial charge in [0.1, 0.15) is 33.9 Å². The first-order valence-electron chi connectivity index (χ1n) is 47.1. The number of fused-ring (bicyclic) bond motifs is 10. The molecule has 1 fully saturated rings. The smallest absolute Gasteiger partial charge is 0.258 e. The molecule has 21 heterocycles. The molecule has 2 N–H and O–H groups in total. The van der Waals surface area contributed by atoms with Crippen LogP contribution in [0.25, 0.3) is 156 Å². The maximum absolute atomic E-state index is 12.9. The molecular weight excluding hydrogens is 1740 g/mol. The van der Waals surface area contributed by atoms with E-state index in [0.717, 1.165) is 210 Å². The van der Waals surface area contributed by atoms with E-state index in [4.69, 9.17) is 19.9 Å². The molecule has 0 bridgehead atoms. The predicted octanol–water partition coefficient (Wildman–Crippen LogP) is 14.1. The topological polar surface area (TPSA) is 307 Å². The summed E-state index contributed by atoms with van der Waals surface area (Å²) in [6.45, 7) is 15.0. The van der Waals surface area contributed by atoms with Crippen LogP contribution in [-0.4, -0.2) is 201 Å². The van der Waals surface area contributed by atoms with Gasteiger partial charge in [-0.3, -0.25) is 74.6 Å². The molecule has 0 atom stereocenters. The molecule has 16 aromatic heterocycles. The molecule has 0 spiro atoms. The van der Waals surface area contributed by atoms with E-state index in [2.05, 4.69) is 124 Å². The summed E-state index contributed by atoms with van der Waals surface area (Å²) in [5, 5.41) is 32.8. The lowest BCUT2D eigenvalue weighted by Crippen LogP contribution is -2.29. The Morgan fingerprint density at radius 3 is 1.18 bits per heavy atom. The zero-order valence-electron chi connectivity index (χ0n) is 78.7. The first-order valence-corrected chi connectivity index (χ1v) is 47.1. The fourth-order valence-electron chi connectivity index (χ4n) is 19.0. The van der Waals surface area contributed by atoms with Crippen molar-refractivity contribution in [1.29, 1.82) is 0 Å². The van der Waals surface area contributed by atoms with E-state index < -0.39 is 0 Å². The second-order valence-electron chi connectivity index (χ2n) is 36.4. The zero-order valence-corrected chi connectivity index (χ0v) is 78.7. The van der Waals surface area contributed by atoms with E-state index in [-0.39, 0.29) is 27.8 Å². The lowest BCUT2D eigenvalue weighted by atomic mass is 9.91. The van der Waals surface area contributed by atoms with Gasteiger partial charge in [0.15, 0.2) is 0 Å². The normalized spacial score (nSPS) is 15.2. The number of aryl methyl sites for hydroxylation is 5. The zero-order chi connectivity index (χ0) is 95.2. The summed E-state index contributed by atoms with van der Waals surface area (Å²) in [6, 6.07) is 53.8. The van der Waals surface area contributed by atoms with Gasteiger partial charge in [-0.25, -0.2) is 29.4 Å². The van der Waals surface area contributed by atoms with Crippen molar-refractivity contribution in [2.24, 2.45) is 28.2 Å². The van der Waals surface area contributed by atoms with E-state index in [1.54, 1.807) is 71.0 Å². The highest BCUT2D eigenvalue weighted by atomic mass is 16.1. The summed E-state index contributed by atoms with van der Waals surface area (Å²) in [5.41, 5.74) is 26.9. The number of benzene rings is 4. The number of nitrogens with one attached hydrogen (secondary N) is 2. The van der Waals surface area contributed by atoms with Crippen molar-refractivity contribution in [3.05, 3.63) is 348 Å². The Morgan fingerprint density at radius 2 is 0.755 bits per heavy atom. The minimum Gasteiger partial charge on any atom is -0.313 e. The van der Waals surface area contributed by atoms with Crippen molar-refractivity contribution in [1.82, 2.24) is 126 Å². The molecule has 1 saturated heterocycles. The van der Waals surface area contributed by atoms with Crippen LogP contribution in [0.15, 0.2) is 286 Å². The third kappa shape index (κ3) is 19.1. The SMILES string of the molecule is CCN1CC=C(c2ccc3nc(-c4ccc5nn(C)cc5c4)cc(=O)n3c2)CC1.CN1CC=C(c2ccc3nc(-c4ccc5nn(C)cc5c4)cc(=O)n3c2)CC1.CN1CCC(c2ccc3nc(-c4ccc5c(cnn5C)c4)cc(=O)n3c2)CC1.Cc1cn2nc(-c3cc(=O)n4cc(C5=CCNCC5)ccc4n3)cc2cn1.Cn1cc2cc(-c3cc(=O)n4cc(C5=CCNCC5)ccc4n3)ccc2n1. The van der Waals surface area contributed by atoms with Crippen LogP contribution in [0, 0.1) is 6.92 Å². The largest absolute Gasteiger partial charge is 0.313 e. The Kier molecular flexibility index (Phi) is 24.6. The van der Waals surface area contributed by atoms with Gasteiger partial charge in [-0.1, -0.05) is 61.6 Å². The van der Waals surface area contributed by atoms with Crippen LogP contribution >= 0.6 is 0 Å². The highest BCUT2D eigenvalue weighted by Crippen LogP contribution is 2.34. The van der Waals surface area contributed by atoms with Gasteiger partial charge in [-0.2, -0.15) is 25.5 Å². The lowest BCUT2D eigenvalue weighted by Gasteiger charge is -2.29. The molecule has 20 aromatic rings. The monoisotopic (exact) mass is 1840 g/mol. The molecule has 31 heteroatoms. The van der Waals surface area contributed by atoms with Gasteiger partial charge in [0.25, 0.3) is 27.8 Å². The van der Waals surface area contributed by atoms with Crippen LogP contribution < -0.4 is 38.4 Å². The fourth-order valence-corrected chi connectivity index (χ4v) is 19.0. The standard InChI is InChI=1S/C23H23N5O.C22H23N5O.C22H21N5O.C21H19N5O.C20H18N6O/c1-3-27-10-8-16(9-11-27)18-5-7-22-24-21(13-23(29)28(22)15-18)17-4-6-20-19(12-17)14-26(2)25-20;1-25-9-7-15(8-10-25)17-4-6-21-24-19(12-22(28)27(21)14-17)16-3-5-20-18(11-16)13-23-26(20)2;1-25-9-7-15(8-10-25)17-4-6-21-23-20(12-22(28)27(21)14-17)16-3-5-19-18(11-16)13-26(2)24-19;1-25-12-17-10-15(2-4-18(17)24-25)19-11-21(27)26-13-16(3-5-20(26)23-19)14-6-8-22-9-7-14;1-13-11-26-16(10-22-13)8-18(24-26)17-9-20(27)25-12-15(2-3-19(25)23-17)14-4-6-21-7-5-14/h4-8,12-15H,3,9-11H2,1-2H3;3-6,11-15H,7-10H2,1-2H3;3-7,11-14H,8-10H2,1-2H3;2-6,10-13,22H,7-9H2,1H3;2-4,8-12,21H,5-7H2,1H3. The minimum absolute atomic E-state index is 0.0407. The van der Waals surface area contributed by atoms with Crippen molar-refractivity contribution in [2.75, 3.05) is 86.1 Å². The number of piperidine rings is 1. The van der Waals surface area contributed by atoms with E-state index >= 15 is 0 Å². The molecule has 5 aliphatic heterocycles. The number of nitrogens with zero attached hydrogens (tertiary/aromatic N) is 24. The van der Waals surface area contributed by atoms with Gasteiger partial charge >= 0.3 is 0 Å². The highest BCUT2D eigenvalue weighted by Gasteiger charge is 2.23. The van der Waals surface area contributed by atoms with Crippen molar-refractivity contribution in [2.45, 2.75) is 58.3 Å². The summed E-state index contributed by atoms with van der Waals surface area (Å²) in [6.07, 6.45) is 36.0. The lowest BCUT2D eigenvalue weighted by molar-refractivity contribution is 0.255. The van der Waals surface area contributed by atoms with E-state index in [1.165, 1.54) is 33.9 Å². The molecule has 0 aliphatic carbocycles. The average Bonchev–Trinajstić information content (AvgIpc) is 1.13. The Hall–Kier alpha value is -16.1. The Bertz CT molecular complexity index is 8580. The van der Waals surface area contributed by atoms with Crippen LogP contribution in [0.4, 0.5) is 0 Å². The first-order chi connectivity index (χ1) is 67.6. The maximum Gasteiger partial charge on any atom is 0.258 e. The molecule has 25 rings (SSSR count).